The fourth-order valence-corrected chi connectivity index (χ4v) is 2.84. The number of nitrogens with zero attached hydrogens (tertiary/aromatic N) is 2. The van der Waals surface area contributed by atoms with Gasteiger partial charge in [0.15, 0.2) is 0 Å². The fourth-order valence-electron chi connectivity index (χ4n) is 2.66. The van der Waals surface area contributed by atoms with Crippen molar-refractivity contribution in [2.24, 2.45) is 0 Å². The molecular weight excluding hydrogens is 270 g/mol. The summed E-state index contributed by atoms with van der Waals surface area (Å²) in [6.07, 6.45) is 0. The third-order valence-electron chi connectivity index (χ3n) is 3.73. The van der Waals surface area contributed by atoms with E-state index in [-0.39, 0.29) is 0 Å². The minimum absolute atomic E-state index is 0.689. The van der Waals surface area contributed by atoms with E-state index in [1.807, 2.05) is 24.3 Å². The zero-order valence-electron chi connectivity index (χ0n) is 11.3. The molecule has 104 valence electrons. The van der Waals surface area contributed by atoms with Crippen LogP contribution in [0.5, 0.6) is 0 Å². The molecule has 3 nitrogen and oxygen atoms in total. The van der Waals surface area contributed by atoms with Gasteiger partial charge >= 0.3 is 0 Å². The smallest absolute Gasteiger partial charge is 0.0602 e. The highest BCUT2D eigenvalue weighted by molar-refractivity contribution is 6.31. The Kier molecular flexibility index (Phi) is 3.70. The van der Waals surface area contributed by atoms with Gasteiger partial charge in [-0.05, 0) is 30.3 Å². The van der Waals surface area contributed by atoms with Gasteiger partial charge in [0.1, 0.15) is 0 Å². The van der Waals surface area contributed by atoms with Crippen LogP contribution in [0.2, 0.25) is 5.02 Å². The van der Waals surface area contributed by atoms with E-state index in [4.69, 9.17) is 17.3 Å². The normalized spacial score (nSPS) is 15.4. The Hall–Kier alpha value is -1.87. The van der Waals surface area contributed by atoms with Crippen molar-refractivity contribution in [2.45, 2.75) is 0 Å². The molecule has 0 radical (unpaired) electrons. The van der Waals surface area contributed by atoms with Crippen molar-refractivity contribution in [2.75, 3.05) is 41.7 Å². The standard InChI is InChI=1S/C16H18ClN3/c17-13-6-7-16(15(18)12-13)20-10-8-19(9-11-20)14-4-2-1-3-5-14/h1-7,12H,8-11,18H2. The zero-order valence-corrected chi connectivity index (χ0v) is 12.1. The summed E-state index contributed by atoms with van der Waals surface area (Å²) in [5.41, 5.74) is 9.19. The highest BCUT2D eigenvalue weighted by Crippen LogP contribution is 2.28. The molecule has 1 fully saturated rings. The van der Waals surface area contributed by atoms with Crippen molar-refractivity contribution >= 4 is 28.7 Å². The molecule has 2 N–H and O–H groups in total. The molecule has 0 unspecified atom stereocenters. The fraction of sp³-hybridized carbons (Fsp3) is 0.250. The second kappa shape index (κ2) is 5.63. The molecule has 4 heteroatoms. The lowest BCUT2D eigenvalue weighted by Crippen LogP contribution is -2.46. The monoisotopic (exact) mass is 287 g/mol. The Labute approximate surface area is 124 Å². The molecule has 1 aliphatic heterocycles. The van der Waals surface area contributed by atoms with Gasteiger partial charge in [0, 0.05) is 36.9 Å². The van der Waals surface area contributed by atoms with Crippen molar-refractivity contribution in [3.05, 3.63) is 53.6 Å². The van der Waals surface area contributed by atoms with Gasteiger partial charge < -0.3 is 15.5 Å². The number of para-hydroxylation sites is 1. The van der Waals surface area contributed by atoms with Crippen molar-refractivity contribution < 1.29 is 0 Å². The van der Waals surface area contributed by atoms with Crippen LogP contribution >= 0.6 is 11.6 Å². The maximum Gasteiger partial charge on any atom is 0.0602 e. The number of hydrogen-bond donors (Lipinski definition) is 1. The summed E-state index contributed by atoms with van der Waals surface area (Å²) < 4.78 is 0. The second-order valence-corrected chi connectivity index (χ2v) is 5.45. The second-order valence-electron chi connectivity index (χ2n) is 5.01. The first kappa shape index (κ1) is 13.1. The number of hydrogen-bond acceptors (Lipinski definition) is 3. The largest absolute Gasteiger partial charge is 0.397 e. The van der Waals surface area contributed by atoms with E-state index in [9.17, 15) is 0 Å². The molecule has 0 atom stereocenters. The highest BCUT2D eigenvalue weighted by Gasteiger charge is 2.18. The van der Waals surface area contributed by atoms with E-state index >= 15 is 0 Å². The molecule has 0 bridgehead atoms. The summed E-state index contributed by atoms with van der Waals surface area (Å²) in [6, 6.07) is 16.3. The lowest BCUT2D eigenvalue weighted by Gasteiger charge is -2.37. The lowest BCUT2D eigenvalue weighted by atomic mass is 10.2. The Bertz CT molecular complexity index is 578. The minimum Gasteiger partial charge on any atom is -0.397 e. The summed E-state index contributed by atoms with van der Waals surface area (Å²) in [5.74, 6) is 0. The van der Waals surface area contributed by atoms with Crippen LogP contribution in [0.3, 0.4) is 0 Å². The van der Waals surface area contributed by atoms with Gasteiger partial charge in [0.05, 0.1) is 11.4 Å². The summed E-state index contributed by atoms with van der Waals surface area (Å²) in [6.45, 7) is 3.96. The van der Waals surface area contributed by atoms with E-state index < -0.39 is 0 Å². The van der Waals surface area contributed by atoms with Gasteiger partial charge in [-0.25, -0.2) is 0 Å². The van der Waals surface area contributed by atoms with E-state index in [0.717, 1.165) is 37.6 Å². The topological polar surface area (TPSA) is 32.5 Å². The number of nitrogens with two attached hydrogens (primary N) is 1. The van der Waals surface area contributed by atoms with Crippen LogP contribution in [-0.4, -0.2) is 26.2 Å². The highest BCUT2D eigenvalue weighted by atomic mass is 35.5. The van der Waals surface area contributed by atoms with Crippen LogP contribution in [0.15, 0.2) is 48.5 Å². The Morgan fingerprint density at radius 1 is 0.850 bits per heavy atom. The summed E-state index contributed by atoms with van der Waals surface area (Å²) in [7, 11) is 0. The summed E-state index contributed by atoms with van der Waals surface area (Å²) in [5, 5.41) is 0.689. The number of anilines is 3. The molecule has 0 aromatic heterocycles. The third-order valence-corrected chi connectivity index (χ3v) is 3.97. The first-order valence-corrected chi connectivity index (χ1v) is 7.22. The number of benzene rings is 2. The average molecular weight is 288 g/mol. The van der Waals surface area contributed by atoms with E-state index in [0.29, 0.717) is 5.02 Å². The molecule has 0 saturated carbocycles. The number of halogens is 1. The van der Waals surface area contributed by atoms with Crippen LogP contribution in [0.4, 0.5) is 17.1 Å². The van der Waals surface area contributed by atoms with Gasteiger partial charge in [-0.2, -0.15) is 0 Å². The minimum atomic E-state index is 0.689. The molecule has 0 aliphatic carbocycles. The summed E-state index contributed by atoms with van der Waals surface area (Å²) in [4.78, 5) is 4.73. The number of rotatable bonds is 2. The third kappa shape index (κ3) is 2.68. The molecule has 2 aromatic carbocycles. The molecule has 3 rings (SSSR count). The lowest BCUT2D eigenvalue weighted by molar-refractivity contribution is 0.654. The van der Waals surface area contributed by atoms with E-state index in [1.54, 1.807) is 0 Å². The Balaban J connectivity index is 1.69. The quantitative estimate of drug-likeness (QED) is 0.861. The first-order chi connectivity index (χ1) is 9.74. The maximum atomic E-state index is 6.06. The van der Waals surface area contributed by atoms with Crippen molar-refractivity contribution in [3.63, 3.8) is 0 Å². The van der Waals surface area contributed by atoms with Gasteiger partial charge in [0.25, 0.3) is 0 Å². The maximum absolute atomic E-state index is 6.06. The predicted octanol–water partition coefficient (Wildman–Crippen LogP) is 3.25. The molecule has 20 heavy (non-hydrogen) atoms. The average Bonchev–Trinajstić information content (AvgIpc) is 2.48. The van der Waals surface area contributed by atoms with Crippen LogP contribution in [0.1, 0.15) is 0 Å². The Morgan fingerprint density at radius 2 is 1.50 bits per heavy atom. The zero-order chi connectivity index (χ0) is 13.9. The van der Waals surface area contributed by atoms with E-state index in [2.05, 4.69) is 34.1 Å². The number of nitrogen functional groups attached to an aromatic ring is 1. The van der Waals surface area contributed by atoms with Crippen LogP contribution in [-0.2, 0) is 0 Å². The first-order valence-electron chi connectivity index (χ1n) is 6.84. The van der Waals surface area contributed by atoms with E-state index in [1.165, 1.54) is 5.69 Å². The van der Waals surface area contributed by atoms with Gasteiger partial charge in [-0.15, -0.1) is 0 Å². The molecule has 0 spiro atoms. The van der Waals surface area contributed by atoms with Gasteiger partial charge in [-0.3, -0.25) is 0 Å². The van der Waals surface area contributed by atoms with Crippen LogP contribution in [0.25, 0.3) is 0 Å². The molecule has 1 saturated heterocycles. The van der Waals surface area contributed by atoms with Crippen molar-refractivity contribution in [1.29, 1.82) is 0 Å². The van der Waals surface area contributed by atoms with Crippen molar-refractivity contribution in [1.82, 2.24) is 0 Å². The SMILES string of the molecule is Nc1cc(Cl)ccc1N1CCN(c2ccccc2)CC1. The van der Waals surface area contributed by atoms with Crippen LogP contribution < -0.4 is 15.5 Å². The van der Waals surface area contributed by atoms with Crippen LogP contribution in [0, 0.1) is 0 Å². The van der Waals surface area contributed by atoms with Crippen molar-refractivity contribution in [3.8, 4) is 0 Å². The molecule has 1 aliphatic rings. The molecule has 0 amide bonds. The molecule has 2 aromatic rings. The molecule has 1 heterocycles. The summed E-state index contributed by atoms with van der Waals surface area (Å²) >= 11 is 5.95. The molecular formula is C16H18ClN3. The predicted molar refractivity (Wildman–Crippen MR) is 86.7 cm³/mol. The van der Waals surface area contributed by atoms with Gasteiger partial charge in [-0.1, -0.05) is 29.8 Å². The van der Waals surface area contributed by atoms with Gasteiger partial charge in [0.2, 0.25) is 0 Å². The number of piperazine rings is 1. The Morgan fingerprint density at radius 3 is 2.15 bits per heavy atom.